The second kappa shape index (κ2) is 24.6. The van der Waals surface area contributed by atoms with Gasteiger partial charge in [-0.3, -0.25) is 30.0 Å². The Kier molecular flexibility index (Phi) is 17.9. The summed E-state index contributed by atoms with van der Waals surface area (Å²) in [5.74, 6) is -4.09. The van der Waals surface area contributed by atoms with E-state index < -0.39 is 45.6 Å². The van der Waals surface area contributed by atoms with Crippen molar-refractivity contribution in [3.05, 3.63) is 197 Å². The molecule has 0 amide bonds. The summed E-state index contributed by atoms with van der Waals surface area (Å²) in [4.78, 5) is 79.4. The molecule has 388 valence electrons. The Morgan fingerprint density at radius 1 is 0.527 bits per heavy atom. The molecule has 4 aliphatic rings. The van der Waals surface area contributed by atoms with Gasteiger partial charge in [-0.25, -0.2) is 19.2 Å². The maximum atomic E-state index is 13.7. The molecule has 0 aromatic heterocycles. The average Bonchev–Trinajstić information content (AvgIpc) is 3.38. The summed E-state index contributed by atoms with van der Waals surface area (Å²) in [5, 5.41) is 29.1. The molecule has 4 atom stereocenters. The number of hydrogen-bond acceptors (Lipinski definition) is 16. The number of nitrogens with zero attached hydrogens (tertiary/aromatic N) is 4. The molecule has 4 aliphatic heterocycles. The van der Waals surface area contributed by atoms with Gasteiger partial charge in [0, 0.05) is 73.2 Å². The number of esters is 4. The minimum atomic E-state index is -0.870. The highest BCUT2D eigenvalue weighted by atomic mass is 16.6. The summed E-state index contributed by atoms with van der Waals surface area (Å²) in [7, 11) is 2.53. The molecule has 2 fully saturated rings. The SMILES string of the molecule is COC(=O)C1=C(C)NC(C)=C(C(=O)O[C@@H]2CCCN(Cc3ccccc3)C2)[C@H]1c1cccc([N+](=O)[O-])c1.COC(=O)C1=C(C)NC(C)=C(C(=O)O[C@H]2CCCN(Cc3ccccc3)C2)[C@@H]1c1cccc([N+](=O)[O-])c1. The van der Waals surface area contributed by atoms with Crippen LogP contribution in [0.1, 0.15) is 87.5 Å². The highest BCUT2D eigenvalue weighted by Gasteiger charge is 2.41. The number of benzene rings is 4. The molecule has 8 rings (SSSR count). The van der Waals surface area contributed by atoms with E-state index in [0.29, 0.717) is 47.0 Å². The summed E-state index contributed by atoms with van der Waals surface area (Å²) >= 11 is 0. The molecule has 18 heteroatoms. The summed E-state index contributed by atoms with van der Waals surface area (Å²) in [6, 6.07) is 32.2. The lowest BCUT2D eigenvalue weighted by atomic mass is 9.80. The first-order valence-corrected chi connectivity index (χ1v) is 24.5. The fourth-order valence-electron chi connectivity index (χ4n) is 10.2. The molecular weight excluding hydrogens is 949 g/mol. The van der Waals surface area contributed by atoms with Gasteiger partial charge in [-0.2, -0.15) is 0 Å². The maximum Gasteiger partial charge on any atom is 0.337 e. The predicted molar refractivity (Wildman–Crippen MR) is 274 cm³/mol. The molecule has 0 unspecified atom stereocenters. The second-order valence-electron chi connectivity index (χ2n) is 18.7. The Hall–Kier alpha value is -7.96. The van der Waals surface area contributed by atoms with E-state index in [1.54, 1.807) is 52.0 Å². The largest absolute Gasteiger partial charge is 0.466 e. The quantitative estimate of drug-likeness (QED) is 0.0524. The zero-order valence-electron chi connectivity index (χ0n) is 42.5. The van der Waals surface area contributed by atoms with E-state index in [9.17, 15) is 39.4 Å². The molecule has 74 heavy (non-hydrogen) atoms. The number of nitrogens with one attached hydrogen (secondary N) is 2. The van der Waals surface area contributed by atoms with Crippen LogP contribution in [0.5, 0.6) is 0 Å². The number of allylic oxidation sites excluding steroid dienone is 4. The van der Waals surface area contributed by atoms with Crippen molar-refractivity contribution in [2.24, 2.45) is 0 Å². The van der Waals surface area contributed by atoms with Crippen LogP contribution in [0.25, 0.3) is 0 Å². The van der Waals surface area contributed by atoms with Crippen LogP contribution < -0.4 is 10.6 Å². The van der Waals surface area contributed by atoms with Gasteiger partial charge in [-0.15, -0.1) is 0 Å². The van der Waals surface area contributed by atoms with Gasteiger partial charge in [0.15, 0.2) is 0 Å². The van der Waals surface area contributed by atoms with Crippen molar-refractivity contribution in [3.63, 3.8) is 0 Å². The number of rotatable bonds is 14. The average molecular weight is 1010 g/mol. The van der Waals surface area contributed by atoms with E-state index in [1.165, 1.54) is 49.6 Å². The van der Waals surface area contributed by atoms with E-state index in [-0.39, 0.29) is 45.9 Å². The molecule has 4 heterocycles. The van der Waals surface area contributed by atoms with Crippen LogP contribution >= 0.6 is 0 Å². The van der Waals surface area contributed by atoms with Gasteiger partial charge in [0.05, 0.1) is 58.2 Å². The number of ether oxygens (including phenoxy) is 4. The summed E-state index contributed by atoms with van der Waals surface area (Å²) in [6.07, 6.45) is 2.62. The Balaban J connectivity index is 0.000000216. The lowest BCUT2D eigenvalue weighted by Crippen LogP contribution is -2.41. The molecule has 0 spiro atoms. The Bertz CT molecular complexity index is 2700. The molecule has 0 bridgehead atoms. The Morgan fingerprint density at radius 2 is 0.878 bits per heavy atom. The standard InChI is InChI=1S/2C28H31N3O6/c2*1-18-24(27(32)36-3)26(21-11-7-12-22(15-21)31(34)35)25(19(2)29-18)28(33)37-23-13-8-14-30(17-23)16-20-9-5-4-6-10-20/h2*4-7,9-12,15,23,26,29H,8,13-14,16-17H2,1-3H3/t2*23-,26+/m10/s1. The predicted octanol–water partition coefficient (Wildman–Crippen LogP) is 8.42. The summed E-state index contributed by atoms with van der Waals surface area (Å²) in [6.45, 7) is 11.5. The van der Waals surface area contributed by atoms with E-state index in [0.717, 1.165) is 51.9 Å². The van der Waals surface area contributed by atoms with E-state index in [2.05, 4.69) is 44.7 Å². The number of methoxy groups -OCH3 is 2. The Morgan fingerprint density at radius 3 is 1.22 bits per heavy atom. The number of hydrogen-bond donors (Lipinski definition) is 2. The lowest BCUT2D eigenvalue weighted by molar-refractivity contribution is -0.385. The van der Waals surface area contributed by atoms with Crippen molar-refractivity contribution < 1.29 is 48.0 Å². The molecule has 4 aromatic carbocycles. The van der Waals surface area contributed by atoms with Crippen LogP contribution in [0.4, 0.5) is 11.4 Å². The van der Waals surface area contributed by atoms with Crippen molar-refractivity contribution in [1.82, 2.24) is 20.4 Å². The van der Waals surface area contributed by atoms with Crippen molar-refractivity contribution >= 4 is 35.3 Å². The number of dihydropyridines is 2. The van der Waals surface area contributed by atoms with Crippen LogP contribution in [0.15, 0.2) is 154 Å². The molecule has 2 N–H and O–H groups in total. The monoisotopic (exact) mass is 1010 g/mol. The van der Waals surface area contributed by atoms with Gasteiger partial charge < -0.3 is 29.6 Å². The first-order valence-electron chi connectivity index (χ1n) is 24.5. The van der Waals surface area contributed by atoms with Crippen molar-refractivity contribution in [3.8, 4) is 0 Å². The van der Waals surface area contributed by atoms with Gasteiger partial charge >= 0.3 is 23.9 Å². The maximum absolute atomic E-state index is 13.7. The van der Waals surface area contributed by atoms with E-state index in [1.807, 2.05) is 36.4 Å². The zero-order valence-corrected chi connectivity index (χ0v) is 42.5. The number of carbonyl (C=O) groups excluding carboxylic acids is 4. The van der Waals surface area contributed by atoms with Crippen molar-refractivity contribution in [2.45, 2.75) is 90.5 Å². The molecule has 4 aromatic rings. The van der Waals surface area contributed by atoms with E-state index >= 15 is 0 Å². The zero-order chi connectivity index (χ0) is 53.1. The van der Waals surface area contributed by atoms with Crippen LogP contribution in [0.2, 0.25) is 0 Å². The molecule has 0 aliphatic carbocycles. The number of piperidine rings is 2. The molecular formula is C56H62N6O12. The molecule has 0 radical (unpaired) electrons. The van der Waals surface area contributed by atoms with Crippen LogP contribution in [0, 0.1) is 20.2 Å². The number of likely N-dealkylation sites (tertiary alicyclic amines) is 2. The van der Waals surface area contributed by atoms with Gasteiger partial charge in [0.2, 0.25) is 0 Å². The third-order valence-corrected chi connectivity index (χ3v) is 13.6. The minimum Gasteiger partial charge on any atom is -0.466 e. The topological polar surface area (TPSA) is 222 Å². The fraction of sp³-hybridized carbons (Fsp3) is 0.357. The lowest BCUT2D eigenvalue weighted by Gasteiger charge is -2.34. The smallest absolute Gasteiger partial charge is 0.337 e. The van der Waals surface area contributed by atoms with Crippen LogP contribution in [-0.4, -0.2) is 96.1 Å². The Labute approximate surface area is 430 Å². The number of non-ortho nitro benzene ring substituents is 2. The normalized spacial score (nSPS) is 20.3. The highest BCUT2D eigenvalue weighted by molar-refractivity contribution is 6.01. The van der Waals surface area contributed by atoms with Crippen LogP contribution in [-0.2, 0) is 51.2 Å². The molecule has 18 nitrogen and oxygen atoms in total. The van der Waals surface area contributed by atoms with Gasteiger partial charge in [0.1, 0.15) is 12.2 Å². The summed E-state index contributed by atoms with van der Waals surface area (Å²) < 4.78 is 22.1. The fourth-order valence-corrected chi connectivity index (χ4v) is 10.2. The second-order valence-corrected chi connectivity index (χ2v) is 18.7. The number of carbonyl (C=O) groups is 4. The van der Waals surface area contributed by atoms with Crippen molar-refractivity contribution in [1.29, 1.82) is 0 Å². The molecule has 2 saturated heterocycles. The molecule has 0 saturated carbocycles. The van der Waals surface area contributed by atoms with Gasteiger partial charge in [-0.1, -0.05) is 84.9 Å². The first kappa shape index (κ1) is 53.8. The minimum absolute atomic E-state index is 0.132. The van der Waals surface area contributed by atoms with Crippen LogP contribution in [0.3, 0.4) is 0 Å². The first-order chi connectivity index (χ1) is 35.6. The highest BCUT2D eigenvalue weighted by Crippen LogP contribution is 2.42. The van der Waals surface area contributed by atoms with Crippen molar-refractivity contribution in [2.75, 3.05) is 40.4 Å². The van der Waals surface area contributed by atoms with Gasteiger partial charge in [0.25, 0.3) is 11.4 Å². The summed E-state index contributed by atoms with van der Waals surface area (Å²) in [5.41, 5.74) is 6.02. The van der Waals surface area contributed by atoms with Gasteiger partial charge in [-0.05, 0) is 88.7 Å². The third kappa shape index (κ3) is 13.0. The third-order valence-electron chi connectivity index (χ3n) is 13.6. The number of nitro groups is 2. The van der Waals surface area contributed by atoms with E-state index in [4.69, 9.17) is 18.9 Å². The number of nitro benzene ring substituents is 2.